The van der Waals surface area contributed by atoms with Crippen LogP contribution in [0.15, 0.2) is 24.5 Å². The van der Waals surface area contributed by atoms with E-state index in [2.05, 4.69) is 43.2 Å². The van der Waals surface area contributed by atoms with Gasteiger partial charge in [0, 0.05) is 18.4 Å². The molecule has 1 aromatic rings. The van der Waals surface area contributed by atoms with Gasteiger partial charge in [-0.3, -0.25) is 4.98 Å². The number of aryl methyl sites for hydroxylation is 1. The minimum atomic E-state index is 0.663. The molecule has 2 nitrogen and oxygen atoms in total. The van der Waals surface area contributed by atoms with Crippen LogP contribution in [-0.4, -0.2) is 17.6 Å². The first-order chi connectivity index (χ1) is 8.22. The molecule has 1 aromatic heterocycles. The number of nitrogens with one attached hydrogen (secondary N) is 1. The van der Waals surface area contributed by atoms with Crippen molar-refractivity contribution in [1.82, 2.24) is 10.3 Å². The smallest absolute Gasteiger partial charge is 0.0270 e. The van der Waals surface area contributed by atoms with E-state index in [-0.39, 0.29) is 0 Å². The zero-order chi connectivity index (χ0) is 12.5. The van der Waals surface area contributed by atoms with Crippen LogP contribution in [0, 0.1) is 5.92 Å². The van der Waals surface area contributed by atoms with Crippen LogP contribution in [0.3, 0.4) is 0 Å². The molecule has 0 amide bonds. The molecule has 0 spiro atoms. The summed E-state index contributed by atoms with van der Waals surface area (Å²) >= 11 is 0. The lowest BCUT2D eigenvalue weighted by molar-refractivity contribution is 0.417. The summed E-state index contributed by atoms with van der Waals surface area (Å²) in [6.45, 7) is 7.85. The van der Waals surface area contributed by atoms with Gasteiger partial charge in [-0.2, -0.15) is 0 Å². The summed E-state index contributed by atoms with van der Waals surface area (Å²) in [6.07, 6.45) is 8.74. The molecule has 17 heavy (non-hydrogen) atoms. The highest BCUT2D eigenvalue weighted by atomic mass is 14.9. The lowest BCUT2D eigenvalue weighted by Gasteiger charge is -2.18. The lowest BCUT2D eigenvalue weighted by Crippen LogP contribution is -2.29. The van der Waals surface area contributed by atoms with Crippen LogP contribution in [0.2, 0.25) is 0 Å². The van der Waals surface area contributed by atoms with E-state index in [1.807, 2.05) is 12.4 Å². The van der Waals surface area contributed by atoms with Crippen molar-refractivity contribution in [3.63, 3.8) is 0 Å². The van der Waals surface area contributed by atoms with E-state index in [1.54, 1.807) is 0 Å². The maximum atomic E-state index is 4.05. The fourth-order valence-electron chi connectivity index (χ4n) is 2.06. The minimum Gasteiger partial charge on any atom is -0.314 e. The highest BCUT2D eigenvalue weighted by molar-refractivity contribution is 5.09. The number of aromatic nitrogens is 1. The van der Waals surface area contributed by atoms with Gasteiger partial charge >= 0.3 is 0 Å². The largest absolute Gasteiger partial charge is 0.314 e. The number of nitrogens with zero attached hydrogens (tertiary/aromatic N) is 1. The third kappa shape index (κ3) is 6.42. The summed E-state index contributed by atoms with van der Waals surface area (Å²) in [5, 5.41) is 3.59. The summed E-state index contributed by atoms with van der Waals surface area (Å²) in [7, 11) is 0. The van der Waals surface area contributed by atoms with E-state index < -0.39 is 0 Å². The molecule has 0 saturated carbocycles. The predicted octanol–water partition coefficient (Wildman–Crippen LogP) is 3.43. The van der Waals surface area contributed by atoms with E-state index in [4.69, 9.17) is 0 Å². The Morgan fingerprint density at radius 3 is 2.41 bits per heavy atom. The summed E-state index contributed by atoms with van der Waals surface area (Å²) in [5.41, 5.74) is 1.40. The molecule has 0 aliphatic rings. The topological polar surface area (TPSA) is 24.9 Å². The van der Waals surface area contributed by atoms with Crippen LogP contribution in [0.5, 0.6) is 0 Å². The average molecular weight is 234 g/mol. The molecule has 0 bridgehead atoms. The average Bonchev–Trinajstić information content (AvgIpc) is 2.34. The van der Waals surface area contributed by atoms with Crippen molar-refractivity contribution < 1.29 is 0 Å². The summed E-state index contributed by atoms with van der Waals surface area (Å²) in [5.74, 6) is 0.803. The van der Waals surface area contributed by atoms with Gasteiger partial charge in [0.05, 0.1) is 0 Å². The normalized spacial score (nSPS) is 12.9. The standard InChI is InChI=1S/C15H26N2/c1-4-17-15(7-5-13(2)3)8-6-14-9-11-16-12-10-14/h9-13,15,17H,4-8H2,1-3H3. The van der Waals surface area contributed by atoms with Crippen molar-refractivity contribution in [2.75, 3.05) is 6.54 Å². The predicted molar refractivity (Wildman–Crippen MR) is 74.1 cm³/mol. The van der Waals surface area contributed by atoms with Gasteiger partial charge in [-0.1, -0.05) is 20.8 Å². The summed E-state index contributed by atoms with van der Waals surface area (Å²) in [6, 6.07) is 4.90. The maximum Gasteiger partial charge on any atom is 0.0270 e. The molecule has 0 fully saturated rings. The van der Waals surface area contributed by atoms with Crippen LogP contribution in [0.4, 0.5) is 0 Å². The highest BCUT2D eigenvalue weighted by Crippen LogP contribution is 2.12. The minimum absolute atomic E-state index is 0.663. The number of pyridine rings is 1. The van der Waals surface area contributed by atoms with Crippen molar-refractivity contribution >= 4 is 0 Å². The van der Waals surface area contributed by atoms with E-state index in [9.17, 15) is 0 Å². The van der Waals surface area contributed by atoms with E-state index in [0.717, 1.165) is 18.9 Å². The molecule has 2 heteroatoms. The maximum absolute atomic E-state index is 4.05. The molecule has 1 N–H and O–H groups in total. The second kappa shape index (κ2) is 8.24. The van der Waals surface area contributed by atoms with Crippen molar-refractivity contribution in [2.24, 2.45) is 5.92 Å². The molecular weight excluding hydrogens is 208 g/mol. The molecule has 0 aliphatic heterocycles. The van der Waals surface area contributed by atoms with Crippen LogP contribution in [-0.2, 0) is 6.42 Å². The van der Waals surface area contributed by atoms with Gasteiger partial charge in [0.25, 0.3) is 0 Å². The van der Waals surface area contributed by atoms with Gasteiger partial charge in [0.15, 0.2) is 0 Å². The Hall–Kier alpha value is -0.890. The number of rotatable bonds is 8. The molecule has 0 radical (unpaired) electrons. The Morgan fingerprint density at radius 2 is 1.82 bits per heavy atom. The van der Waals surface area contributed by atoms with Crippen molar-refractivity contribution in [3.05, 3.63) is 30.1 Å². The van der Waals surface area contributed by atoms with Crippen molar-refractivity contribution in [1.29, 1.82) is 0 Å². The second-order valence-electron chi connectivity index (χ2n) is 5.12. The Labute approximate surface area is 106 Å². The second-order valence-corrected chi connectivity index (χ2v) is 5.12. The molecule has 1 atom stereocenters. The van der Waals surface area contributed by atoms with Gasteiger partial charge in [-0.05, 0) is 55.8 Å². The van der Waals surface area contributed by atoms with Crippen LogP contribution in [0.25, 0.3) is 0 Å². The van der Waals surface area contributed by atoms with Gasteiger partial charge in [-0.25, -0.2) is 0 Å². The van der Waals surface area contributed by atoms with Gasteiger partial charge in [0.2, 0.25) is 0 Å². The zero-order valence-corrected chi connectivity index (χ0v) is 11.4. The highest BCUT2D eigenvalue weighted by Gasteiger charge is 2.08. The van der Waals surface area contributed by atoms with Crippen LogP contribution < -0.4 is 5.32 Å². The number of hydrogen-bond acceptors (Lipinski definition) is 2. The SMILES string of the molecule is CCNC(CCc1ccncc1)CCC(C)C. The van der Waals surface area contributed by atoms with E-state index in [0.29, 0.717) is 6.04 Å². The van der Waals surface area contributed by atoms with Gasteiger partial charge < -0.3 is 5.32 Å². The molecule has 0 saturated heterocycles. The summed E-state index contributed by atoms with van der Waals surface area (Å²) < 4.78 is 0. The molecule has 0 aliphatic carbocycles. The first-order valence-electron chi connectivity index (χ1n) is 6.84. The molecule has 1 unspecified atom stereocenters. The van der Waals surface area contributed by atoms with E-state index in [1.165, 1.54) is 24.8 Å². The molecule has 1 heterocycles. The fourth-order valence-corrected chi connectivity index (χ4v) is 2.06. The number of hydrogen-bond donors (Lipinski definition) is 1. The molecule has 0 aromatic carbocycles. The van der Waals surface area contributed by atoms with Gasteiger partial charge in [-0.15, -0.1) is 0 Å². The zero-order valence-electron chi connectivity index (χ0n) is 11.4. The van der Waals surface area contributed by atoms with Crippen LogP contribution in [0.1, 0.15) is 45.6 Å². The van der Waals surface area contributed by atoms with Crippen molar-refractivity contribution in [2.45, 2.75) is 52.5 Å². The van der Waals surface area contributed by atoms with Gasteiger partial charge in [0.1, 0.15) is 0 Å². The molecule has 1 rings (SSSR count). The first-order valence-corrected chi connectivity index (χ1v) is 6.84. The van der Waals surface area contributed by atoms with Crippen molar-refractivity contribution in [3.8, 4) is 0 Å². The third-order valence-corrected chi connectivity index (χ3v) is 3.12. The molecule has 96 valence electrons. The summed E-state index contributed by atoms with van der Waals surface area (Å²) in [4.78, 5) is 4.05. The van der Waals surface area contributed by atoms with Crippen LogP contribution >= 0.6 is 0 Å². The Bertz CT molecular complexity index is 282. The fraction of sp³-hybridized carbons (Fsp3) is 0.667. The monoisotopic (exact) mass is 234 g/mol. The van der Waals surface area contributed by atoms with E-state index >= 15 is 0 Å². The Kier molecular flexibility index (Phi) is 6.87. The molecular formula is C15H26N2. The Balaban J connectivity index is 2.33. The third-order valence-electron chi connectivity index (χ3n) is 3.12. The first kappa shape index (κ1) is 14.2. The Morgan fingerprint density at radius 1 is 1.12 bits per heavy atom. The lowest BCUT2D eigenvalue weighted by atomic mass is 9.98. The quantitative estimate of drug-likeness (QED) is 0.745.